The summed E-state index contributed by atoms with van der Waals surface area (Å²) < 4.78 is 5.06. The van der Waals surface area contributed by atoms with Gasteiger partial charge in [0.2, 0.25) is 5.91 Å². The first-order valence-electron chi connectivity index (χ1n) is 5.24. The number of piperidine rings is 1. The van der Waals surface area contributed by atoms with Crippen molar-refractivity contribution in [1.82, 2.24) is 4.90 Å². The molecule has 1 rings (SSSR count). The summed E-state index contributed by atoms with van der Waals surface area (Å²) in [6, 6.07) is 0. The molecule has 1 aliphatic heterocycles. The molecule has 4 nitrogen and oxygen atoms in total. The van der Waals surface area contributed by atoms with Gasteiger partial charge in [-0.2, -0.15) is 0 Å². The summed E-state index contributed by atoms with van der Waals surface area (Å²) in [5, 5.41) is 9.00. The number of aliphatic hydroxyl groups excluding tert-OH is 1. The minimum absolute atomic E-state index is 0.0463. The lowest BCUT2D eigenvalue weighted by Gasteiger charge is -2.31. The van der Waals surface area contributed by atoms with Gasteiger partial charge in [0.05, 0.1) is 0 Å². The predicted octanol–water partition coefficient (Wildman–Crippen LogP) is 0.254. The SMILES string of the molecule is CCOCC(=O)N1CCC[C@H](CO)C1. The summed E-state index contributed by atoms with van der Waals surface area (Å²) in [6.07, 6.45) is 2.01. The highest BCUT2D eigenvalue weighted by molar-refractivity contribution is 5.77. The van der Waals surface area contributed by atoms with Gasteiger partial charge in [-0.3, -0.25) is 4.79 Å². The van der Waals surface area contributed by atoms with Crippen molar-refractivity contribution in [2.45, 2.75) is 19.8 Å². The van der Waals surface area contributed by atoms with Crippen LogP contribution in [0.1, 0.15) is 19.8 Å². The zero-order valence-electron chi connectivity index (χ0n) is 8.74. The minimum atomic E-state index is 0.0463. The van der Waals surface area contributed by atoms with Crippen LogP contribution >= 0.6 is 0 Å². The fourth-order valence-corrected chi connectivity index (χ4v) is 1.72. The molecule has 0 saturated carbocycles. The smallest absolute Gasteiger partial charge is 0.248 e. The molecule has 1 amide bonds. The molecule has 1 heterocycles. The molecule has 0 radical (unpaired) electrons. The first-order valence-corrected chi connectivity index (χ1v) is 5.24. The first-order chi connectivity index (χ1) is 6.77. The van der Waals surface area contributed by atoms with Crippen LogP contribution in [0.25, 0.3) is 0 Å². The molecule has 14 heavy (non-hydrogen) atoms. The second-order valence-electron chi connectivity index (χ2n) is 3.67. The Hall–Kier alpha value is -0.610. The molecule has 1 fully saturated rings. The Balaban J connectivity index is 2.31. The lowest BCUT2D eigenvalue weighted by atomic mass is 9.99. The molecule has 4 heteroatoms. The second-order valence-corrected chi connectivity index (χ2v) is 3.67. The summed E-state index contributed by atoms with van der Waals surface area (Å²) in [5.41, 5.74) is 0. The number of likely N-dealkylation sites (tertiary alicyclic amines) is 1. The van der Waals surface area contributed by atoms with E-state index >= 15 is 0 Å². The summed E-state index contributed by atoms with van der Waals surface area (Å²) in [4.78, 5) is 13.3. The van der Waals surface area contributed by atoms with Crippen molar-refractivity contribution in [2.75, 3.05) is 32.9 Å². The van der Waals surface area contributed by atoms with Crippen LogP contribution in [0.2, 0.25) is 0 Å². The van der Waals surface area contributed by atoms with Gasteiger partial charge in [-0.25, -0.2) is 0 Å². The number of hydrogen-bond acceptors (Lipinski definition) is 3. The van der Waals surface area contributed by atoms with Gasteiger partial charge < -0.3 is 14.7 Å². The third-order valence-electron chi connectivity index (χ3n) is 2.56. The van der Waals surface area contributed by atoms with E-state index in [4.69, 9.17) is 9.84 Å². The van der Waals surface area contributed by atoms with Crippen LogP contribution in [0.5, 0.6) is 0 Å². The van der Waals surface area contributed by atoms with E-state index in [1.165, 1.54) is 0 Å². The predicted molar refractivity (Wildman–Crippen MR) is 52.9 cm³/mol. The van der Waals surface area contributed by atoms with Crippen LogP contribution in [0.4, 0.5) is 0 Å². The molecule has 1 atom stereocenters. The molecule has 1 saturated heterocycles. The molecular formula is C10H19NO3. The molecule has 0 aromatic rings. The maximum Gasteiger partial charge on any atom is 0.248 e. The van der Waals surface area contributed by atoms with Gasteiger partial charge in [-0.05, 0) is 25.7 Å². The highest BCUT2D eigenvalue weighted by Gasteiger charge is 2.22. The molecule has 0 aromatic heterocycles. The molecule has 0 aliphatic carbocycles. The normalized spacial score (nSPS) is 22.4. The lowest BCUT2D eigenvalue weighted by molar-refractivity contribution is -0.138. The fourth-order valence-electron chi connectivity index (χ4n) is 1.72. The summed E-state index contributed by atoms with van der Waals surface area (Å²) >= 11 is 0. The highest BCUT2D eigenvalue weighted by Crippen LogP contribution is 2.15. The molecule has 0 bridgehead atoms. The van der Waals surface area contributed by atoms with Gasteiger partial charge >= 0.3 is 0 Å². The summed E-state index contributed by atoms with van der Waals surface area (Å²) in [7, 11) is 0. The van der Waals surface area contributed by atoms with Gasteiger partial charge in [-0.15, -0.1) is 0 Å². The van der Waals surface area contributed by atoms with Crippen molar-refractivity contribution in [3.63, 3.8) is 0 Å². The Labute approximate surface area is 84.8 Å². The van der Waals surface area contributed by atoms with E-state index in [0.29, 0.717) is 13.2 Å². The minimum Gasteiger partial charge on any atom is -0.396 e. The third kappa shape index (κ3) is 3.27. The van der Waals surface area contributed by atoms with E-state index in [1.807, 2.05) is 6.92 Å². The number of aliphatic hydroxyl groups is 1. The topological polar surface area (TPSA) is 49.8 Å². The number of ether oxygens (including phenoxy) is 1. The van der Waals surface area contributed by atoms with E-state index in [0.717, 1.165) is 19.4 Å². The molecule has 0 aromatic carbocycles. The quantitative estimate of drug-likeness (QED) is 0.709. The third-order valence-corrected chi connectivity index (χ3v) is 2.56. The Bertz CT molecular complexity index is 184. The Morgan fingerprint density at radius 3 is 3.07 bits per heavy atom. The van der Waals surface area contributed by atoms with E-state index in [-0.39, 0.29) is 25.0 Å². The Kier molecular flexibility index (Phi) is 4.90. The average molecular weight is 201 g/mol. The van der Waals surface area contributed by atoms with Gasteiger partial charge in [0, 0.05) is 26.3 Å². The summed E-state index contributed by atoms with van der Waals surface area (Å²) in [6.45, 7) is 4.29. The van der Waals surface area contributed by atoms with Crippen molar-refractivity contribution in [2.24, 2.45) is 5.92 Å². The van der Waals surface area contributed by atoms with Gasteiger partial charge in [0.15, 0.2) is 0 Å². The van der Waals surface area contributed by atoms with Gasteiger partial charge in [-0.1, -0.05) is 0 Å². The number of carbonyl (C=O) groups excluding carboxylic acids is 1. The van der Waals surface area contributed by atoms with Crippen LogP contribution in [-0.4, -0.2) is 48.8 Å². The number of nitrogens with zero attached hydrogens (tertiary/aromatic N) is 1. The van der Waals surface area contributed by atoms with E-state index in [2.05, 4.69) is 0 Å². The van der Waals surface area contributed by atoms with Gasteiger partial charge in [0.25, 0.3) is 0 Å². The maximum absolute atomic E-state index is 11.5. The van der Waals surface area contributed by atoms with Crippen LogP contribution in [0, 0.1) is 5.92 Å². The molecule has 0 unspecified atom stereocenters. The number of carbonyl (C=O) groups is 1. The zero-order valence-corrected chi connectivity index (χ0v) is 8.74. The van der Waals surface area contributed by atoms with Crippen LogP contribution < -0.4 is 0 Å². The van der Waals surface area contributed by atoms with Crippen molar-refractivity contribution >= 4 is 5.91 Å². The average Bonchev–Trinajstić information content (AvgIpc) is 2.26. The monoisotopic (exact) mass is 201 g/mol. The molecular weight excluding hydrogens is 182 g/mol. The first kappa shape index (κ1) is 11.5. The molecule has 0 spiro atoms. The molecule has 1 N–H and O–H groups in total. The van der Waals surface area contributed by atoms with E-state index in [1.54, 1.807) is 4.90 Å². The van der Waals surface area contributed by atoms with Crippen molar-refractivity contribution in [1.29, 1.82) is 0 Å². The van der Waals surface area contributed by atoms with E-state index in [9.17, 15) is 4.79 Å². The number of amides is 1. The molecule has 1 aliphatic rings. The zero-order chi connectivity index (χ0) is 10.4. The molecule has 82 valence electrons. The number of rotatable bonds is 4. The maximum atomic E-state index is 11.5. The summed E-state index contributed by atoms with van der Waals surface area (Å²) in [5.74, 6) is 0.305. The second kappa shape index (κ2) is 5.98. The fraction of sp³-hybridized carbons (Fsp3) is 0.900. The largest absolute Gasteiger partial charge is 0.396 e. The number of hydrogen-bond donors (Lipinski definition) is 1. The van der Waals surface area contributed by atoms with Crippen molar-refractivity contribution < 1.29 is 14.6 Å². The van der Waals surface area contributed by atoms with Crippen molar-refractivity contribution in [3.8, 4) is 0 Å². The lowest BCUT2D eigenvalue weighted by Crippen LogP contribution is -2.42. The van der Waals surface area contributed by atoms with E-state index < -0.39 is 0 Å². The van der Waals surface area contributed by atoms with Crippen LogP contribution in [-0.2, 0) is 9.53 Å². The van der Waals surface area contributed by atoms with Crippen molar-refractivity contribution in [3.05, 3.63) is 0 Å². The standard InChI is InChI=1S/C10H19NO3/c1-2-14-8-10(13)11-5-3-4-9(6-11)7-12/h9,12H,2-8H2,1H3/t9-/m0/s1. The van der Waals surface area contributed by atoms with Gasteiger partial charge in [0.1, 0.15) is 6.61 Å². The Morgan fingerprint density at radius 1 is 1.64 bits per heavy atom. The highest BCUT2D eigenvalue weighted by atomic mass is 16.5. The Morgan fingerprint density at radius 2 is 2.43 bits per heavy atom. The van der Waals surface area contributed by atoms with Crippen LogP contribution in [0.3, 0.4) is 0 Å². The van der Waals surface area contributed by atoms with Crippen LogP contribution in [0.15, 0.2) is 0 Å².